The average Bonchev–Trinajstić information content (AvgIpc) is 3.64. The average molecular weight is 551 g/mol. The third-order valence-electron chi connectivity index (χ3n) is 5.79. The van der Waals surface area contributed by atoms with E-state index in [2.05, 4.69) is 31.3 Å². The molecular weight excluding hydrogens is 523 g/mol. The van der Waals surface area contributed by atoms with Crippen LogP contribution in [0.4, 0.5) is 11.4 Å². The molecule has 2 aliphatic rings. The number of benzene rings is 3. The summed E-state index contributed by atoms with van der Waals surface area (Å²) in [4.78, 5) is 33.7. The highest BCUT2D eigenvalue weighted by atomic mass is 35.5. The Labute approximate surface area is 233 Å². The summed E-state index contributed by atoms with van der Waals surface area (Å²) in [5.41, 5.74) is 4.76. The number of amidine groups is 2. The molecule has 0 saturated heterocycles. The summed E-state index contributed by atoms with van der Waals surface area (Å²) >= 11 is 0. The Balaban J connectivity index is 0.00000200. The van der Waals surface area contributed by atoms with Crippen LogP contribution in [0.25, 0.3) is 6.08 Å². The maximum Gasteiger partial charge on any atom is 0.255 e. The summed E-state index contributed by atoms with van der Waals surface area (Å²) < 4.78 is 0. The van der Waals surface area contributed by atoms with Crippen molar-refractivity contribution >= 4 is 65.8 Å². The van der Waals surface area contributed by atoms with Crippen LogP contribution < -0.4 is 21.3 Å². The quantitative estimate of drug-likeness (QED) is 0.331. The molecule has 2 amide bonds. The lowest BCUT2D eigenvalue weighted by molar-refractivity contribution is -0.111. The number of carbonyl (C=O) groups is 2. The van der Waals surface area contributed by atoms with Crippen molar-refractivity contribution < 1.29 is 9.59 Å². The first-order chi connectivity index (χ1) is 17.6. The number of anilines is 2. The third kappa shape index (κ3) is 7.21. The van der Waals surface area contributed by atoms with E-state index < -0.39 is 0 Å². The molecule has 0 spiro atoms. The van der Waals surface area contributed by atoms with Crippen molar-refractivity contribution in [3.63, 3.8) is 0 Å². The highest BCUT2D eigenvalue weighted by molar-refractivity contribution is 6.06. The van der Waals surface area contributed by atoms with Gasteiger partial charge in [0.25, 0.3) is 5.91 Å². The van der Waals surface area contributed by atoms with E-state index in [0.29, 0.717) is 16.9 Å². The number of halogens is 2. The lowest BCUT2D eigenvalue weighted by Crippen LogP contribution is -2.19. The smallest absolute Gasteiger partial charge is 0.255 e. The van der Waals surface area contributed by atoms with Gasteiger partial charge in [0.1, 0.15) is 11.7 Å². The van der Waals surface area contributed by atoms with E-state index in [1.54, 1.807) is 30.3 Å². The number of hydrogen-bond acceptors (Lipinski definition) is 6. The molecule has 2 aliphatic heterocycles. The Morgan fingerprint density at radius 1 is 0.684 bits per heavy atom. The topological polar surface area (TPSA) is 107 Å². The van der Waals surface area contributed by atoms with Crippen molar-refractivity contribution in [2.75, 3.05) is 36.8 Å². The van der Waals surface area contributed by atoms with Gasteiger partial charge in [-0.2, -0.15) is 0 Å². The Hall–Kier alpha value is -4.14. The predicted octanol–water partition coefficient (Wildman–Crippen LogP) is 4.13. The first kappa shape index (κ1) is 28.4. The molecule has 0 unspecified atom stereocenters. The largest absolute Gasteiger partial charge is 0.368 e. The van der Waals surface area contributed by atoms with Crippen molar-refractivity contribution in [3.8, 4) is 0 Å². The summed E-state index contributed by atoms with van der Waals surface area (Å²) in [7, 11) is 0. The number of rotatable bonds is 7. The van der Waals surface area contributed by atoms with Gasteiger partial charge in [0, 0.05) is 47.2 Å². The first-order valence-corrected chi connectivity index (χ1v) is 11.8. The molecule has 10 heteroatoms. The zero-order valence-corrected chi connectivity index (χ0v) is 22.1. The SMILES string of the molecule is Cl.Cl.O=C(C=Cc1ccc(C(=O)Nc2ccc(C3=NCCN3)cc2)cc1)Nc1ccc(C2=NCCN2)cc1. The predicted molar refractivity (Wildman–Crippen MR) is 158 cm³/mol. The standard InChI is InChI=1S/C28H26N6O2.2ClH/c35-25(33-23-10-6-20(7-11-23)26-29-15-16-30-26)14-3-19-1-4-22(5-2-19)28(36)34-24-12-8-21(9-13-24)27-31-17-18-32-27;;/h1-14H,15-18H2,(H,29,30)(H,31,32)(H,33,35)(H,34,36);2*1H. The van der Waals surface area contributed by atoms with Crippen molar-refractivity contribution in [1.29, 1.82) is 0 Å². The second-order valence-corrected chi connectivity index (χ2v) is 8.37. The van der Waals surface area contributed by atoms with Crippen LogP contribution >= 0.6 is 24.8 Å². The van der Waals surface area contributed by atoms with E-state index in [1.165, 1.54) is 6.08 Å². The summed E-state index contributed by atoms with van der Waals surface area (Å²) in [6.07, 6.45) is 3.18. The monoisotopic (exact) mass is 550 g/mol. The summed E-state index contributed by atoms with van der Waals surface area (Å²) in [5, 5.41) is 12.2. The molecule has 0 atom stereocenters. The lowest BCUT2D eigenvalue weighted by atomic mass is 10.1. The second-order valence-electron chi connectivity index (χ2n) is 8.37. The molecule has 3 aromatic rings. The van der Waals surface area contributed by atoms with E-state index in [4.69, 9.17) is 0 Å². The molecule has 0 aliphatic carbocycles. The van der Waals surface area contributed by atoms with Crippen molar-refractivity contribution in [3.05, 3.63) is 101 Å². The molecule has 5 rings (SSSR count). The Morgan fingerprint density at radius 2 is 1.18 bits per heavy atom. The second kappa shape index (κ2) is 13.4. The van der Waals surface area contributed by atoms with Gasteiger partial charge in [-0.3, -0.25) is 19.6 Å². The van der Waals surface area contributed by atoms with Crippen LogP contribution in [0.5, 0.6) is 0 Å². The van der Waals surface area contributed by atoms with Crippen LogP contribution in [-0.2, 0) is 4.79 Å². The maximum absolute atomic E-state index is 12.6. The lowest BCUT2D eigenvalue weighted by Gasteiger charge is -2.07. The zero-order valence-electron chi connectivity index (χ0n) is 20.4. The number of hydrogen-bond donors (Lipinski definition) is 4. The molecule has 0 aromatic heterocycles. The summed E-state index contributed by atoms with van der Waals surface area (Å²) in [5.74, 6) is 1.34. The van der Waals surface area contributed by atoms with Crippen LogP contribution in [0.2, 0.25) is 0 Å². The molecule has 0 fully saturated rings. The highest BCUT2D eigenvalue weighted by Crippen LogP contribution is 2.15. The molecule has 4 N–H and O–H groups in total. The van der Waals surface area contributed by atoms with Gasteiger partial charge in [0.15, 0.2) is 0 Å². The van der Waals surface area contributed by atoms with Gasteiger partial charge in [-0.1, -0.05) is 12.1 Å². The summed E-state index contributed by atoms with van der Waals surface area (Å²) in [6.45, 7) is 3.28. The molecule has 2 heterocycles. The molecule has 8 nitrogen and oxygen atoms in total. The van der Waals surface area contributed by atoms with Crippen LogP contribution in [0.3, 0.4) is 0 Å². The van der Waals surface area contributed by atoms with Crippen LogP contribution in [-0.4, -0.2) is 49.7 Å². The maximum atomic E-state index is 12.6. The fraction of sp³-hybridized carbons (Fsp3) is 0.143. The third-order valence-corrected chi connectivity index (χ3v) is 5.79. The molecular formula is C28H28Cl2N6O2. The van der Waals surface area contributed by atoms with Crippen LogP contribution in [0.1, 0.15) is 27.0 Å². The molecule has 196 valence electrons. The minimum Gasteiger partial charge on any atom is -0.368 e. The van der Waals surface area contributed by atoms with E-state index in [1.807, 2.05) is 48.5 Å². The molecule has 0 bridgehead atoms. The van der Waals surface area contributed by atoms with Gasteiger partial charge in [0.2, 0.25) is 5.91 Å². The molecule has 0 radical (unpaired) electrons. The van der Waals surface area contributed by atoms with Gasteiger partial charge in [0.05, 0.1) is 13.1 Å². The van der Waals surface area contributed by atoms with Crippen LogP contribution in [0, 0.1) is 0 Å². The number of aliphatic imine (C=N–C) groups is 2. The van der Waals surface area contributed by atoms with Gasteiger partial charge in [-0.15, -0.1) is 24.8 Å². The van der Waals surface area contributed by atoms with Gasteiger partial charge in [-0.05, 0) is 72.3 Å². The molecule has 0 saturated carbocycles. The van der Waals surface area contributed by atoms with Crippen molar-refractivity contribution in [2.45, 2.75) is 0 Å². The minimum absolute atomic E-state index is 0. The van der Waals surface area contributed by atoms with E-state index in [0.717, 1.165) is 54.5 Å². The molecule has 38 heavy (non-hydrogen) atoms. The first-order valence-electron chi connectivity index (χ1n) is 11.8. The highest BCUT2D eigenvalue weighted by Gasteiger charge is 2.10. The van der Waals surface area contributed by atoms with E-state index in [-0.39, 0.29) is 36.6 Å². The van der Waals surface area contributed by atoms with Crippen LogP contribution in [0.15, 0.2) is 88.9 Å². The minimum atomic E-state index is -0.233. The number of nitrogens with zero attached hydrogens (tertiary/aromatic N) is 2. The van der Waals surface area contributed by atoms with E-state index in [9.17, 15) is 9.59 Å². The Morgan fingerprint density at radius 3 is 1.66 bits per heavy atom. The summed E-state index contributed by atoms with van der Waals surface area (Å²) in [6, 6.07) is 22.2. The van der Waals surface area contributed by atoms with Crippen molar-refractivity contribution in [1.82, 2.24) is 10.6 Å². The Bertz CT molecular complexity index is 1350. The molecule has 3 aromatic carbocycles. The van der Waals surface area contributed by atoms with Gasteiger partial charge < -0.3 is 21.3 Å². The van der Waals surface area contributed by atoms with Gasteiger partial charge in [-0.25, -0.2) is 0 Å². The normalized spacial score (nSPS) is 13.8. The fourth-order valence-electron chi connectivity index (χ4n) is 3.91. The fourth-order valence-corrected chi connectivity index (χ4v) is 3.91. The van der Waals surface area contributed by atoms with E-state index >= 15 is 0 Å². The van der Waals surface area contributed by atoms with Gasteiger partial charge >= 0.3 is 0 Å². The Kier molecular flexibility index (Phi) is 10.0. The number of carbonyl (C=O) groups excluding carboxylic acids is 2. The number of nitrogens with one attached hydrogen (secondary N) is 4. The zero-order chi connectivity index (χ0) is 24.7. The number of amides is 2. The van der Waals surface area contributed by atoms with Crippen molar-refractivity contribution in [2.24, 2.45) is 9.98 Å².